The number of nitrogens with zero attached hydrogens (tertiary/aromatic N) is 3. The molecule has 5 heteroatoms. The number of hydrogen-bond acceptors (Lipinski definition) is 4. The summed E-state index contributed by atoms with van der Waals surface area (Å²) in [4.78, 5) is 24.2. The predicted molar refractivity (Wildman–Crippen MR) is 133 cm³/mol. The molecule has 5 nitrogen and oxygen atoms in total. The van der Waals surface area contributed by atoms with Crippen LogP contribution in [0.5, 0.6) is 0 Å². The maximum atomic E-state index is 13.3. The Bertz CT molecular complexity index is 1040. The fraction of sp³-hybridized carbons (Fsp3) is 0.393. The van der Waals surface area contributed by atoms with Crippen LogP contribution in [-0.4, -0.2) is 47.5 Å². The van der Waals surface area contributed by atoms with E-state index in [2.05, 4.69) is 75.6 Å². The fourth-order valence-electron chi connectivity index (χ4n) is 5.18. The van der Waals surface area contributed by atoms with E-state index < -0.39 is 5.41 Å². The number of hydrogen-bond donors (Lipinski definition) is 1. The fourth-order valence-corrected chi connectivity index (χ4v) is 5.18. The Morgan fingerprint density at radius 1 is 1.09 bits per heavy atom. The Kier molecular flexibility index (Phi) is 7.50. The standard InChI is InChI=1S/C28H34N4O/c1-22(23-9-4-3-5-10-23)13-16-32-15-8-14-28(20-32,27(33)29-2)17-24-11-6-7-12-26(24)25-18-30-21-31-19-25/h3-7,9-12,18-19,21-22H,8,13-17,20H2,1-2H3,(H,29,33)/t22-,28+/m0/s1. The first-order valence-electron chi connectivity index (χ1n) is 11.9. The van der Waals surface area contributed by atoms with Crippen molar-refractivity contribution in [2.75, 3.05) is 26.7 Å². The minimum absolute atomic E-state index is 0.141. The number of carbonyl (C=O) groups excluding carboxylic acids is 1. The van der Waals surface area contributed by atoms with E-state index in [1.165, 1.54) is 11.1 Å². The average Bonchev–Trinajstić information content (AvgIpc) is 2.88. The van der Waals surface area contributed by atoms with Crippen molar-refractivity contribution in [3.8, 4) is 11.1 Å². The van der Waals surface area contributed by atoms with Crippen LogP contribution in [0.25, 0.3) is 11.1 Å². The highest BCUT2D eigenvalue weighted by Crippen LogP contribution is 2.37. The number of amides is 1. The van der Waals surface area contributed by atoms with Gasteiger partial charge in [-0.15, -0.1) is 0 Å². The van der Waals surface area contributed by atoms with Gasteiger partial charge in [-0.1, -0.05) is 61.5 Å². The number of piperidine rings is 1. The third-order valence-electron chi connectivity index (χ3n) is 7.03. The summed E-state index contributed by atoms with van der Waals surface area (Å²) in [6.45, 7) is 5.13. The molecule has 1 N–H and O–H groups in total. The molecular weight excluding hydrogens is 408 g/mol. The molecule has 2 atom stereocenters. The summed E-state index contributed by atoms with van der Waals surface area (Å²) in [6.07, 6.45) is 8.97. The normalized spacial score (nSPS) is 19.7. The molecule has 1 aromatic heterocycles. The summed E-state index contributed by atoms with van der Waals surface area (Å²) in [6, 6.07) is 19.0. The van der Waals surface area contributed by atoms with Gasteiger partial charge in [-0.3, -0.25) is 4.79 Å². The van der Waals surface area contributed by atoms with Crippen LogP contribution in [0.4, 0.5) is 0 Å². The Morgan fingerprint density at radius 3 is 2.58 bits per heavy atom. The van der Waals surface area contributed by atoms with Crippen LogP contribution < -0.4 is 5.32 Å². The van der Waals surface area contributed by atoms with Gasteiger partial charge in [-0.05, 0) is 61.4 Å². The molecule has 2 aromatic carbocycles. The van der Waals surface area contributed by atoms with Gasteiger partial charge in [0.05, 0.1) is 5.41 Å². The van der Waals surface area contributed by atoms with Gasteiger partial charge in [0.1, 0.15) is 6.33 Å². The SMILES string of the molecule is CNC(=O)[C@@]1(Cc2ccccc2-c2cncnc2)CCCN(CC[C@H](C)c2ccccc2)C1. The predicted octanol–water partition coefficient (Wildman–Crippen LogP) is 4.71. The van der Waals surface area contributed by atoms with Crippen molar-refractivity contribution < 1.29 is 4.79 Å². The van der Waals surface area contributed by atoms with Crippen molar-refractivity contribution in [1.82, 2.24) is 20.2 Å². The lowest BCUT2D eigenvalue weighted by Crippen LogP contribution is -2.52. The molecule has 0 aliphatic carbocycles. The number of benzene rings is 2. The Balaban J connectivity index is 1.53. The first kappa shape index (κ1) is 23.1. The average molecular weight is 443 g/mol. The van der Waals surface area contributed by atoms with Gasteiger partial charge in [0, 0.05) is 31.5 Å². The van der Waals surface area contributed by atoms with Crippen LogP contribution in [0, 0.1) is 5.41 Å². The molecule has 0 unspecified atom stereocenters. The molecule has 1 aliphatic rings. The molecule has 1 aliphatic heterocycles. The summed E-state index contributed by atoms with van der Waals surface area (Å²) >= 11 is 0. The van der Waals surface area contributed by atoms with Crippen LogP contribution >= 0.6 is 0 Å². The Morgan fingerprint density at radius 2 is 1.82 bits per heavy atom. The summed E-state index contributed by atoms with van der Waals surface area (Å²) in [5, 5.41) is 2.98. The van der Waals surface area contributed by atoms with Crippen LogP contribution in [0.1, 0.15) is 43.2 Å². The molecule has 0 spiro atoms. The molecule has 3 aromatic rings. The molecule has 33 heavy (non-hydrogen) atoms. The monoisotopic (exact) mass is 442 g/mol. The maximum Gasteiger partial charge on any atom is 0.227 e. The zero-order valence-corrected chi connectivity index (χ0v) is 19.7. The highest BCUT2D eigenvalue weighted by atomic mass is 16.2. The van der Waals surface area contributed by atoms with E-state index in [1.54, 1.807) is 13.4 Å². The van der Waals surface area contributed by atoms with Gasteiger partial charge in [-0.25, -0.2) is 9.97 Å². The summed E-state index contributed by atoms with van der Waals surface area (Å²) in [7, 11) is 1.76. The van der Waals surface area contributed by atoms with Crippen molar-refractivity contribution in [2.45, 2.75) is 38.5 Å². The van der Waals surface area contributed by atoms with Crippen LogP contribution in [0.15, 0.2) is 73.3 Å². The largest absolute Gasteiger partial charge is 0.359 e. The number of likely N-dealkylation sites (tertiary alicyclic amines) is 1. The Labute approximate surface area is 197 Å². The third-order valence-corrected chi connectivity index (χ3v) is 7.03. The van der Waals surface area contributed by atoms with Gasteiger partial charge in [0.15, 0.2) is 0 Å². The Hall–Kier alpha value is -3.05. The first-order valence-corrected chi connectivity index (χ1v) is 11.9. The number of carbonyl (C=O) groups is 1. The zero-order chi connectivity index (χ0) is 23.1. The van der Waals surface area contributed by atoms with E-state index >= 15 is 0 Å². The quantitative estimate of drug-likeness (QED) is 0.549. The van der Waals surface area contributed by atoms with E-state index in [9.17, 15) is 4.79 Å². The second kappa shape index (κ2) is 10.7. The van der Waals surface area contributed by atoms with Gasteiger partial charge in [0.2, 0.25) is 5.91 Å². The molecule has 0 bridgehead atoms. The molecular formula is C28H34N4O. The lowest BCUT2D eigenvalue weighted by Gasteiger charge is -2.42. The smallest absolute Gasteiger partial charge is 0.227 e. The zero-order valence-electron chi connectivity index (χ0n) is 19.7. The van der Waals surface area contributed by atoms with Gasteiger partial charge >= 0.3 is 0 Å². The van der Waals surface area contributed by atoms with Crippen molar-refractivity contribution in [1.29, 1.82) is 0 Å². The van der Waals surface area contributed by atoms with Crippen molar-refractivity contribution in [3.63, 3.8) is 0 Å². The molecule has 1 fully saturated rings. The second-order valence-corrected chi connectivity index (χ2v) is 9.30. The third kappa shape index (κ3) is 5.48. The maximum absolute atomic E-state index is 13.3. The van der Waals surface area contributed by atoms with Crippen LogP contribution in [-0.2, 0) is 11.2 Å². The minimum Gasteiger partial charge on any atom is -0.359 e. The molecule has 1 amide bonds. The van der Waals surface area contributed by atoms with Crippen molar-refractivity contribution in [3.05, 3.63) is 84.4 Å². The van der Waals surface area contributed by atoms with E-state index in [4.69, 9.17) is 0 Å². The van der Waals surface area contributed by atoms with Crippen molar-refractivity contribution in [2.24, 2.45) is 5.41 Å². The number of nitrogens with one attached hydrogen (secondary N) is 1. The highest BCUT2D eigenvalue weighted by molar-refractivity contribution is 5.83. The van der Waals surface area contributed by atoms with Crippen molar-refractivity contribution >= 4 is 5.91 Å². The molecule has 172 valence electrons. The first-order chi connectivity index (χ1) is 16.1. The van der Waals surface area contributed by atoms with E-state index in [-0.39, 0.29) is 5.91 Å². The summed E-state index contributed by atoms with van der Waals surface area (Å²) < 4.78 is 0. The molecule has 0 saturated carbocycles. The molecule has 0 radical (unpaired) electrons. The summed E-state index contributed by atoms with van der Waals surface area (Å²) in [5.41, 5.74) is 4.22. The minimum atomic E-state index is -0.436. The summed E-state index contributed by atoms with van der Waals surface area (Å²) in [5.74, 6) is 0.642. The van der Waals surface area contributed by atoms with E-state index in [0.717, 1.165) is 50.0 Å². The van der Waals surface area contributed by atoms with Gasteiger partial charge in [-0.2, -0.15) is 0 Å². The lowest BCUT2D eigenvalue weighted by molar-refractivity contribution is -0.134. The highest BCUT2D eigenvalue weighted by Gasteiger charge is 2.42. The van der Waals surface area contributed by atoms with E-state index in [1.807, 2.05) is 18.5 Å². The van der Waals surface area contributed by atoms with E-state index in [0.29, 0.717) is 12.3 Å². The van der Waals surface area contributed by atoms with Gasteiger partial charge in [0.25, 0.3) is 0 Å². The number of aromatic nitrogens is 2. The topological polar surface area (TPSA) is 58.1 Å². The molecule has 2 heterocycles. The molecule has 1 saturated heterocycles. The number of rotatable bonds is 8. The second-order valence-electron chi connectivity index (χ2n) is 9.30. The van der Waals surface area contributed by atoms with Crippen LogP contribution in [0.3, 0.4) is 0 Å². The molecule has 4 rings (SSSR count). The van der Waals surface area contributed by atoms with Gasteiger partial charge < -0.3 is 10.2 Å². The van der Waals surface area contributed by atoms with Crippen LogP contribution in [0.2, 0.25) is 0 Å². The lowest BCUT2D eigenvalue weighted by atomic mass is 9.73.